The molecule has 25 heavy (non-hydrogen) atoms. The number of carbonyl (C=O) groups is 1. The van der Waals surface area contributed by atoms with Crippen molar-refractivity contribution in [2.45, 2.75) is 73.6 Å². The predicted octanol–water partition coefficient (Wildman–Crippen LogP) is 6.09. The summed E-state index contributed by atoms with van der Waals surface area (Å²) in [5.74, 6) is 2.25. The zero-order valence-corrected chi connectivity index (χ0v) is 17.4. The Morgan fingerprint density at radius 2 is 1.80 bits per heavy atom. The van der Waals surface area contributed by atoms with Gasteiger partial charge in [0, 0.05) is 6.42 Å². The van der Waals surface area contributed by atoms with E-state index in [1.54, 1.807) is 6.08 Å². The minimum Gasteiger partial charge on any atom is -0.330 e. The third-order valence-electron chi connectivity index (χ3n) is 5.05. The van der Waals surface area contributed by atoms with Gasteiger partial charge in [-0.2, -0.15) is 0 Å². The lowest BCUT2D eigenvalue weighted by atomic mass is 9.80. The van der Waals surface area contributed by atoms with Gasteiger partial charge in [-0.25, -0.2) is 0 Å². The van der Waals surface area contributed by atoms with Crippen molar-refractivity contribution in [3.8, 4) is 0 Å². The first-order chi connectivity index (χ1) is 11.8. The fourth-order valence-corrected chi connectivity index (χ4v) is 2.83. The fraction of sp³-hybridized carbons (Fsp3) is 0.696. The van der Waals surface area contributed by atoms with Crippen molar-refractivity contribution in [1.82, 2.24) is 0 Å². The molecule has 2 N–H and O–H groups in total. The molecule has 0 saturated heterocycles. The molecule has 2 heteroatoms. The largest absolute Gasteiger partial charge is 0.330 e. The Morgan fingerprint density at radius 1 is 1.12 bits per heavy atom. The van der Waals surface area contributed by atoms with Crippen molar-refractivity contribution in [2.24, 2.45) is 29.4 Å². The highest BCUT2D eigenvalue weighted by atomic mass is 16.1. The van der Waals surface area contributed by atoms with Gasteiger partial charge in [0.25, 0.3) is 0 Å². The van der Waals surface area contributed by atoms with Crippen LogP contribution >= 0.6 is 0 Å². The van der Waals surface area contributed by atoms with Gasteiger partial charge in [-0.15, -0.1) is 0 Å². The smallest absolute Gasteiger partial charge is 0.155 e. The van der Waals surface area contributed by atoms with E-state index in [1.807, 2.05) is 6.08 Å². The van der Waals surface area contributed by atoms with E-state index in [9.17, 15) is 4.79 Å². The summed E-state index contributed by atoms with van der Waals surface area (Å²) in [5.41, 5.74) is 7.15. The summed E-state index contributed by atoms with van der Waals surface area (Å²) in [7, 11) is 0. The Hall–Kier alpha value is -1.15. The molecule has 0 saturated carbocycles. The van der Waals surface area contributed by atoms with Crippen LogP contribution in [0.3, 0.4) is 0 Å². The van der Waals surface area contributed by atoms with Gasteiger partial charge >= 0.3 is 0 Å². The summed E-state index contributed by atoms with van der Waals surface area (Å²) < 4.78 is 0. The van der Waals surface area contributed by atoms with Gasteiger partial charge in [-0.3, -0.25) is 4.79 Å². The maximum atomic E-state index is 12.1. The van der Waals surface area contributed by atoms with Gasteiger partial charge in [0.2, 0.25) is 0 Å². The molecule has 0 spiro atoms. The summed E-state index contributed by atoms with van der Waals surface area (Å²) in [6, 6.07) is 0. The lowest BCUT2D eigenvalue weighted by Gasteiger charge is -2.25. The van der Waals surface area contributed by atoms with E-state index in [2.05, 4.69) is 59.8 Å². The number of ketones is 1. The van der Waals surface area contributed by atoms with Crippen molar-refractivity contribution in [3.05, 3.63) is 36.0 Å². The second kappa shape index (κ2) is 14.1. The Balaban J connectivity index is 4.89. The van der Waals surface area contributed by atoms with E-state index in [1.165, 1.54) is 12.0 Å². The van der Waals surface area contributed by atoms with E-state index in [-0.39, 0.29) is 5.78 Å². The molecule has 0 bridgehead atoms. The summed E-state index contributed by atoms with van der Waals surface area (Å²) in [6.07, 6.45) is 15.4. The van der Waals surface area contributed by atoms with Crippen molar-refractivity contribution >= 4 is 5.78 Å². The molecule has 0 aromatic rings. The van der Waals surface area contributed by atoms with Crippen LogP contribution < -0.4 is 5.73 Å². The van der Waals surface area contributed by atoms with Crippen molar-refractivity contribution in [3.63, 3.8) is 0 Å². The molecule has 0 aromatic carbocycles. The Bertz CT molecular complexity index is 447. The lowest BCUT2D eigenvalue weighted by molar-refractivity contribution is -0.115. The predicted molar refractivity (Wildman–Crippen MR) is 112 cm³/mol. The average Bonchev–Trinajstić information content (AvgIpc) is 2.60. The van der Waals surface area contributed by atoms with Crippen LogP contribution in [0.4, 0.5) is 0 Å². The van der Waals surface area contributed by atoms with Crippen LogP contribution in [0.15, 0.2) is 36.0 Å². The molecule has 0 heterocycles. The molecule has 0 fully saturated rings. The number of hydrogen-bond donors (Lipinski definition) is 1. The van der Waals surface area contributed by atoms with E-state index in [4.69, 9.17) is 5.73 Å². The van der Waals surface area contributed by atoms with Crippen LogP contribution in [0.1, 0.15) is 73.6 Å². The monoisotopic (exact) mass is 347 g/mol. The van der Waals surface area contributed by atoms with E-state index >= 15 is 0 Å². The van der Waals surface area contributed by atoms with Crippen LogP contribution in [0.2, 0.25) is 0 Å². The summed E-state index contributed by atoms with van der Waals surface area (Å²) >= 11 is 0. The molecule has 4 unspecified atom stereocenters. The number of hydrogen-bond acceptors (Lipinski definition) is 2. The highest BCUT2D eigenvalue weighted by Gasteiger charge is 2.20. The lowest BCUT2D eigenvalue weighted by Crippen LogP contribution is -2.21. The number of rotatable bonds is 13. The normalized spacial score (nSPS) is 17.8. The molecule has 0 radical (unpaired) electrons. The Kier molecular flexibility index (Phi) is 13.4. The Labute approximate surface area is 156 Å². The molecule has 0 amide bonds. The SMILES string of the molecule is CC/C=C\C(=O)CC(C)C(C/C=C(C)/C=C/C(C)CC)CC(C)CN. The van der Waals surface area contributed by atoms with Crippen LogP contribution in [-0.2, 0) is 4.79 Å². The molecule has 0 aliphatic carbocycles. The van der Waals surface area contributed by atoms with Gasteiger partial charge in [0.15, 0.2) is 5.78 Å². The third-order valence-corrected chi connectivity index (χ3v) is 5.05. The highest BCUT2D eigenvalue weighted by Crippen LogP contribution is 2.27. The first-order valence-electron chi connectivity index (χ1n) is 10.1. The number of allylic oxidation sites excluding steroid dienone is 6. The quantitative estimate of drug-likeness (QED) is 0.324. The molecular weight excluding hydrogens is 306 g/mol. The molecule has 0 aliphatic rings. The summed E-state index contributed by atoms with van der Waals surface area (Å²) in [6.45, 7) is 13.8. The van der Waals surface area contributed by atoms with Gasteiger partial charge in [0.05, 0.1) is 0 Å². The number of carbonyl (C=O) groups excluding carboxylic acids is 1. The van der Waals surface area contributed by atoms with Crippen LogP contribution in [0.5, 0.6) is 0 Å². The van der Waals surface area contributed by atoms with E-state index in [0.29, 0.717) is 36.6 Å². The van der Waals surface area contributed by atoms with Gasteiger partial charge < -0.3 is 5.73 Å². The highest BCUT2D eigenvalue weighted by molar-refractivity contribution is 5.89. The minimum absolute atomic E-state index is 0.247. The third kappa shape index (κ3) is 11.9. The molecule has 0 aliphatic heterocycles. The van der Waals surface area contributed by atoms with Crippen molar-refractivity contribution < 1.29 is 4.79 Å². The zero-order chi connectivity index (χ0) is 19.2. The number of nitrogens with two attached hydrogens (primary N) is 1. The van der Waals surface area contributed by atoms with Gasteiger partial charge in [0.1, 0.15) is 0 Å². The standard InChI is InChI=1S/C23H41NO/c1-7-9-10-23(25)16-21(6)22(15-20(5)17-24)14-13-19(4)12-11-18(3)8-2/h9-13,18,20-22H,7-8,14-17,24H2,1-6H3/b10-9-,12-11+,19-13+. The molecule has 4 atom stereocenters. The summed E-state index contributed by atoms with van der Waals surface area (Å²) in [4.78, 5) is 12.1. The molecule has 0 rings (SSSR count). The van der Waals surface area contributed by atoms with Gasteiger partial charge in [-0.1, -0.05) is 70.9 Å². The first-order valence-corrected chi connectivity index (χ1v) is 10.1. The molecule has 0 aromatic heterocycles. The fourth-order valence-electron chi connectivity index (χ4n) is 2.83. The first kappa shape index (κ1) is 23.9. The molecule has 144 valence electrons. The van der Waals surface area contributed by atoms with E-state index < -0.39 is 0 Å². The Morgan fingerprint density at radius 3 is 2.36 bits per heavy atom. The molecule has 2 nitrogen and oxygen atoms in total. The second-order valence-corrected chi connectivity index (χ2v) is 7.72. The zero-order valence-electron chi connectivity index (χ0n) is 17.4. The van der Waals surface area contributed by atoms with Crippen LogP contribution in [0.25, 0.3) is 0 Å². The van der Waals surface area contributed by atoms with Crippen LogP contribution in [0, 0.1) is 23.7 Å². The maximum Gasteiger partial charge on any atom is 0.155 e. The average molecular weight is 348 g/mol. The van der Waals surface area contributed by atoms with E-state index in [0.717, 1.165) is 19.3 Å². The second-order valence-electron chi connectivity index (χ2n) is 7.72. The van der Waals surface area contributed by atoms with Gasteiger partial charge in [-0.05, 0) is 62.5 Å². The topological polar surface area (TPSA) is 43.1 Å². The maximum absolute atomic E-state index is 12.1. The van der Waals surface area contributed by atoms with Crippen LogP contribution in [-0.4, -0.2) is 12.3 Å². The van der Waals surface area contributed by atoms with Crippen molar-refractivity contribution in [1.29, 1.82) is 0 Å². The van der Waals surface area contributed by atoms with Crippen molar-refractivity contribution in [2.75, 3.05) is 6.54 Å². The summed E-state index contributed by atoms with van der Waals surface area (Å²) in [5, 5.41) is 0. The minimum atomic E-state index is 0.247. The molecular formula is C23H41NO.